The number of fused-ring (bicyclic) bond motifs is 2. The summed E-state index contributed by atoms with van der Waals surface area (Å²) in [6.07, 6.45) is 0. The Balaban J connectivity index is 1.52. The van der Waals surface area contributed by atoms with Crippen molar-refractivity contribution in [3.8, 4) is 56.0 Å². The van der Waals surface area contributed by atoms with Crippen molar-refractivity contribution in [2.75, 3.05) is 0 Å². The first-order chi connectivity index (χ1) is 33.2. The Bertz CT molecular complexity index is 4030. The molecule has 1 aliphatic heterocycles. The summed E-state index contributed by atoms with van der Waals surface area (Å²) < 4.78 is 241. The highest BCUT2D eigenvalue weighted by Crippen LogP contribution is 2.51. The van der Waals surface area contributed by atoms with Crippen LogP contribution in [0.15, 0.2) is 157 Å². The van der Waals surface area contributed by atoms with Gasteiger partial charge in [0.2, 0.25) is 0 Å². The van der Waals surface area contributed by atoms with Gasteiger partial charge in [0.25, 0.3) is 0 Å². The van der Waals surface area contributed by atoms with Crippen LogP contribution in [0.4, 0.5) is 0 Å². The third kappa shape index (κ3) is 3.62. The van der Waals surface area contributed by atoms with Crippen LogP contribution in [0.5, 0.6) is 11.5 Å². The fraction of sp³-hybridized carbons (Fsp3) is 0. The van der Waals surface area contributed by atoms with Gasteiger partial charge >= 0.3 is 0 Å². The number of hydrogen-bond acceptors (Lipinski definition) is 1. The van der Waals surface area contributed by atoms with Crippen LogP contribution < -0.4 is 4.74 Å². The van der Waals surface area contributed by atoms with Crippen molar-refractivity contribution in [3.05, 3.63) is 157 Å². The second kappa shape index (κ2) is 9.29. The largest absolute Gasteiger partial charge is 0.456 e. The van der Waals surface area contributed by atoms with Crippen LogP contribution in [0.3, 0.4) is 0 Å². The standard InChI is InChI=1S/C44H26O/c1-2-8-27(9-3-1)32-24-33(35-22-20-31-19-18-29-10-4-11-30-21-23-37(35)43(31)41(29)30)26-34(25-32)36-14-7-17-40-44(36)38-15-5-12-28-13-6-16-39(45-40)42(28)38/h1-26H/i1D,2D,3D,4D,5D,6D,7D,8D,9D,10D,11D,12D,13D,14D,15D,16D,17D,18D,19D,20D,21D,22D,23D,24D,25D,26D. The summed E-state index contributed by atoms with van der Waals surface area (Å²) in [5.74, 6) is -1.32. The van der Waals surface area contributed by atoms with Gasteiger partial charge in [-0.25, -0.2) is 0 Å². The highest BCUT2D eigenvalue weighted by atomic mass is 16.5. The minimum atomic E-state index is -1.08. The van der Waals surface area contributed by atoms with E-state index in [4.69, 9.17) is 28.0 Å². The molecule has 208 valence electrons. The van der Waals surface area contributed by atoms with Crippen LogP contribution in [0.1, 0.15) is 35.6 Å². The molecule has 1 heteroatoms. The van der Waals surface area contributed by atoms with E-state index in [0.717, 1.165) is 0 Å². The first kappa shape index (κ1) is 10.3. The Morgan fingerprint density at radius 3 is 1.76 bits per heavy atom. The summed E-state index contributed by atoms with van der Waals surface area (Å²) in [6, 6.07) is -23.1. The molecule has 0 saturated carbocycles. The molecule has 1 aliphatic rings. The minimum absolute atomic E-state index is 0.323. The second-order valence-electron chi connectivity index (χ2n) is 10.0. The van der Waals surface area contributed by atoms with Crippen LogP contribution in [-0.2, 0) is 0 Å². The van der Waals surface area contributed by atoms with Gasteiger partial charge in [-0.05, 0) is 107 Å². The smallest absolute Gasteiger partial charge is 0.135 e. The van der Waals surface area contributed by atoms with E-state index in [1.807, 2.05) is 0 Å². The van der Waals surface area contributed by atoms with E-state index in [0.29, 0.717) is 0 Å². The quantitative estimate of drug-likeness (QED) is 0.184. The Hall–Kier alpha value is -5.92. The van der Waals surface area contributed by atoms with Gasteiger partial charge in [-0.15, -0.1) is 0 Å². The van der Waals surface area contributed by atoms with Crippen LogP contribution in [-0.4, -0.2) is 0 Å². The molecule has 45 heavy (non-hydrogen) atoms. The fourth-order valence-corrected chi connectivity index (χ4v) is 5.67. The molecule has 0 unspecified atom stereocenters. The molecule has 9 aromatic carbocycles. The van der Waals surface area contributed by atoms with Crippen molar-refractivity contribution < 1.29 is 40.4 Å². The van der Waals surface area contributed by atoms with Crippen LogP contribution in [0.2, 0.25) is 0 Å². The highest BCUT2D eigenvalue weighted by molar-refractivity contribution is 6.25. The third-order valence-corrected chi connectivity index (χ3v) is 7.57. The van der Waals surface area contributed by atoms with Crippen molar-refractivity contribution in [3.63, 3.8) is 0 Å². The van der Waals surface area contributed by atoms with E-state index in [1.165, 1.54) is 0 Å². The minimum Gasteiger partial charge on any atom is -0.456 e. The van der Waals surface area contributed by atoms with Crippen molar-refractivity contribution in [1.29, 1.82) is 0 Å². The number of rotatable bonds is 3. The predicted octanol–water partition coefficient (Wildman–Crippen LogP) is 12.5. The molecule has 0 spiro atoms. The SMILES string of the molecule is [2H]c1c([2H])c([2H])c(-c2c([2H])c(-c3c([2H])c([2H])c([2H])c4c3-c3c([2H])c([2H])c([2H])c5c([2H])c([2H])c([2H])c(c35)O4)c([2H])c(-c3c([2H])c([2H])c4c([2H])c([2H])c5c([2H])c([2H])c([2H])c6c([2H])c([2H])c3c4c56)c2[2H])c([2H])c1[2H]. The zero-order chi connectivity index (χ0) is 52.1. The first-order valence-corrected chi connectivity index (χ1v) is 13.4. The maximum absolute atomic E-state index is 10.1. The van der Waals surface area contributed by atoms with E-state index in [-0.39, 0.29) is 10.8 Å². The van der Waals surface area contributed by atoms with Crippen LogP contribution >= 0.6 is 0 Å². The van der Waals surface area contributed by atoms with Crippen molar-refractivity contribution >= 4 is 43.1 Å². The lowest BCUT2D eigenvalue weighted by molar-refractivity contribution is 0.487. The van der Waals surface area contributed by atoms with Gasteiger partial charge in [0.15, 0.2) is 0 Å². The molecule has 0 aromatic heterocycles. The third-order valence-electron chi connectivity index (χ3n) is 7.57. The zero-order valence-corrected chi connectivity index (χ0v) is 22.4. The Morgan fingerprint density at radius 1 is 0.356 bits per heavy atom. The Labute approximate surface area is 297 Å². The van der Waals surface area contributed by atoms with Gasteiger partial charge in [-0.3, -0.25) is 0 Å². The average molecular weight is 597 g/mol. The van der Waals surface area contributed by atoms with Crippen molar-refractivity contribution in [2.45, 2.75) is 0 Å². The van der Waals surface area contributed by atoms with Gasteiger partial charge in [-0.2, -0.15) is 0 Å². The van der Waals surface area contributed by atoms with E-state index in [1.54, 1.807) is 0 Å². The van der Waals surface area contributed by atoms with Gasteiger partial charge in [0, 0.05) is 10.9 Å². The molecule has 0 amide bonds. The summed E-state index contributed by atoms with van der Waals surface area (Å²) in [6.45, 7) is 0. The molecule has 10 rings (SSSR count). The zero-order valence-electron chi connectivity index (χ0n) is 48.4. The van der Waals surface area contributed by atoms with Gasteiger partial charge in [0.1, 0.15) is 11.5 Å². The molecule has 0 bridgehead atoms. The molecule has 1 nitrogen and oxygen atoms in total. The fourth-order valence-electron chi connectivity index (χ4n) is 5.67. The normalized spacial score (nSPS) is 20.3. The molecule has 9 aromatic rings. The van der Waals surface area contributed by atoms with E-state index >= 15 is 0 Å². The molecular formula is C44H26O. The van der Waals surface area contributed by atoms with Crippen LogP contribution in [0, 0.1) is 0 Å². The van der Waals surface area contributed by atoms with Crippen molar-refractivity contribution in [2.24, 2.45) is 0 Å². The molecule has 0 saturated heterocycles. The lowest BCUT2D eigenvalue weighted by Gasteiger charge is -2.24. The lowest BCUT2D eigenvalue weighted by atomic mass is 9.85. The second-order valence-corrected chi connectivity index (χ2v) is 10.0. The summed E-state index contributed by atoms with van der Waals surface area (Å²) in [5.41, 5.74) is -6.23. The molecule has 0 atom stereocenters. The molecular weight excluding hydrogens is 544 g/mol. The molecule has 0 radical (unpaired) electrons. The molecule has 0 fully saturated rings. The molecule has 0 N–H and O–H groups in total. The van der Waals surface area contributed by atoms with Crippen LogP contribution in [0.25, 0.3) is 87.6 Å². The summed E-state index contributed by atoms with van der Waals surface area (Å²) in [4.78, 5) is 0. The number of benzene rings is 9. The maximum atomic E-state index is 10.1. The Morgan fingerprint density at radius 2 is 0.933 bits per heavy atom. The highest BCUT2D eigenvalue weighted by Gasteiger charge is 2.24. The average Bonchev–Trinajstić information content (AvgIpc) is 3.33. The van der Waals surface area contributed by atoms with E-state index < -0.39 is 245 Å². The van der Waals surface area contributed by atoms with Gasteiger partial charge < -0.3 is 4.74 Å². The molecule has 0 aliphatic carbocycles. The van der Waals surface area contributed by atoms with Crippen molar-refractivity contribution in [1.82, 2.24) is 0 Å². The maximum Gasteiger partial charge on any atom is 0.135 e. The predicted molar refractivity (Wildman–Crippen MR) is 189 cm³/mol. The first-order valence-electron chi connectivity index (χ1n) is 26.4. The monoisotopic (exact) mass is 596 g/mol. The number of hydrogen-bond donors (Lipinski definition) is 0. The Kier molecular flexibility index (Phi) is 2.13. The topological polar surface area (TPSA) is 9.23 Å². The number of ether oxygens (including phenoxy) is 1. The lowest BCUT2D eigenvalue weighted by Crippen LogP contribution is -1.99. The molecule has 1 heterocycles. The van der Waals surface area contributed by atoms with E-state index in [9.17, 15) is 12.3 Å². The van der Waals surface area contributed by atoms with Gasteiger partial charge in [0.05, 0.1) is 35.6 Å². The summed E-state index contributed by atoms with van der Waals surface area (Å²) in [7, 11) is 0. The summed E-state index contributed by atoms with van der Waals surface area (Å²) >= 11 is 0. The summed E-state index contributed by atoms with van der Waals surface area (Å²) in [5, 5.41) is -3.58. The van der Waals surface area contributed by atoms with Gasteiger partial charge in [-0.1, -0.05) is 127 Å². The van der Waals surface area contributed by atoms with E-state index in [2.05, 4.69) is 0 Å².